The molecule has 1 aliphatic heterocycles. The molecular weight excluding hydrogens is 378 g/mol. The van der Waals surface area contributed by atoms with Gasteiger partial charge in [0.05, 0.1) is 13.2 Å². The zero-order valence-corrected chi connectivity index (χ0v) is 16.3. The number of carbonyl (C=O) groups is 2. The molecule has 2 N–H and O–H groups in total. The van der Waals surface area contributed by atoms with Gasteiger partial charge in [0.1, 0.15) is 0 Å². The number of thioether (sulfide) groups is 1. The first-order valence-corrected chi connectivity index (χ1v) is 10.00. The first kappa shape index (κ1) is 22.8. The van der Waals surface area contributed by atoms with E-state index in [2.05, 4.69) is 17.0 Å². The van der Waals surface area contributed by atoms with Crippen LogP contribution in [-0.4, -0.2) is 65.7 Å². The number of nitrogens with zero attached hydrogens (tertiary/aromatic N) is 1. The molecule has 0 saturated carbocycles. The average Bonchev–Trinajstić information content (AvgIpc) is 2.89. The summed E-state index contributed by atoms with van der Waals surface area (Å²) >= 11 is 7.68. The second-order valence-electron chi connectivity index (χ2n) is 5.78. The molecule has 1 aromatic rings. The van der Waals surface area contributed by atoms with E-state index < -0.39 is 11.9 Å². The Kier molecular flexibility index (Phi) is 12.1. The number of benzene rings is 1. The lowest BCUT2D eigenvalue weighted by molar-refractivity contribution is -0.159. The second kappa shape index (κ2) is 13.9. The molecule has 0 radical (unpaired) electrons. The van der Waals surface area contributed by atoms with Gasteiger partial charge >= 0.3 is 11.9 Å². The summed E-state index contributed by atoms with van der Waals surface area (Å²) in [5.41, 5.74) is 0. The van der Waals surface area contributed by atoms with Crippen molar-refractivity contribution in [3.05, 3.63) is 29.3 Å². The third-order valence-electron chi connectivity index (χ3n) is 3.74. The molecule has 0 aliphatic carbocycles. The lowest BCUT2D eigenvalue weighted by Crippen LogP contribution is -2.28. The molecule has 0 aromatic heterocycles. The molecule has 0 amide bonds. The summed E-state index contributed by atoms with van der Waals surface area (Å²) in [6.45, 7) is 5.28. The van der Waals surface area contributed by atoms with Gasteiger partial charge in [-0.15, -0.1) is 11.8 Å². The highest BCUT2D eigenvalue weighted by atomic mass is 35.5. The molecule has 1 aromatic carbocycles. The van der Waals surface area contributed by atoms with E-state index in [0.717, 1.165) is 30.5 Å². The maximum Gasteiger partial charge on any atom is 0.414 e. The Balaban J connectivity index is 0.000000487. The van der Waals surface area contributed by atoms with E-state index in [9.17, 15) is 0 Å². The monoisotopic (exact) mass is 403 g/mol. The summed E-state index contributed by atoms with van der Waals surface area (Å²) in [6, 6.07) is 7.99. The standard InChI is InChI=1S/C16H24ClNOS.C2H2O4/c17-15-5-7-16(8-6-15)20-14-13-19-12-11-18-9-3-1-2-4-10-18;3-1(4)2(5)6/h5-8H,1-4,9-14H2;(H,3,4)(H,5,6). The van der Waals surface area contributed by atoms with Crippen LogP contribution in [-0.2, 0) is 14.3 Å². The summed E-state index contributed by atoms with van der Waals surface area (Å²) in [7, 11) is 0. The highest BCUT2D eigenvalue weighted by Crippen LogP contribution is 2.19. The highest BCUT2D eigenvalue weighted by molar-refractivity contribution is 7.99. The number of halogens is 1. The summed E-state index contributed by atoms with van der Waals surface area (Å²) in [5, 5.41) is 15.6. The highest BCUT2D eigenvalue weighted by Gasteiger charge is 2.08. The zero-order chi connectivity index (χ0) is 19.2. The van der Waals surface area contributed by atoms with Crippen molar-refractivity contribution in [1.82, 2.24) is 4.90 Å². The molecule has 0 unspecified atom stereocenters. The Bertz CT molecular complexity index is 521. The molecule has 0 bridgehead atoms. The minimum atomic E-state index is -1.82. The average molecular weight is 404 g/mol. The molecule has 0 atom stereocenters. The van der Waals surface area contributed by atoms with Gasteiger partial charge in [0.25, 0.3) is 0 Å². The molecule has 2 rings (SSSR count). The fraction of sp³-hybridized carbons (Fsp3) is 0.556. The molecule has 8 heteroatoms. The Hall–Kier alpha value is -1.28. The molecular formula is C18H26ClNO5S. The maximum atomic E-state index is 9.10. The SMILES string of the molecule is Clc1ccc(SCCOCCN2CCCCCC2)cc1.O=C(O)C(=O)O. The van der Waals surface area contributed by atoms with E-state index in [4.69, 9.17) is 36.1 Å². The van der Waals surface area contributed by atoms with Gasteiger partial charge < -0.3 is 19.8 Å². The summed E-state index contributed by atoms with van der Waals surface area (Å²) in [6.07, 6.45) is 5.50. The van der Waals surface area contributed by atoms with Crippen molar-refractivity contribution in [2.24, 2.45) is 0 Å². The third-order valence-corrected chi connectivity index (χ3v) is 4.97. The lowest BCUT2D eigenvalue weighted by Gasteiger charge is -2.19. The number of rotatable bonds is 7. The normalized spacial score (nSPS) is 14.8. The minimum Gasteiger partial charge on any atom is -0.473 e. The number of carboxylic acids is 2. The molecule has 1 saturated heterocycles. The van der Waals surface area contributed by atoms with Crippen LogP contribution in [0.3, 0.4) is 0 Å². The van der Waals surface area contributed by atoms with E-state index in [-0.39, 0.29) is 0 Å². The Morgan fingerprint density at radius 1 is 1.00 bits per heavy atom. The number of carboxylic acid groups (broad SMARTS) is 2. The van der Waals surface area contributed by atoms with Crippen LogP contribution >= 0.6 is 23.4 Å². The number of likely N-dealkylation sites (tertiary alicyclic amines) is 1. The van der Waals surface area contributed by atoms with Crippen LogP contribution in [0.15, 0.2) is 29.2 Å². The predicted molar refractivity (Wildman–Crippen MR) is 103 cm³/mol. The van der Waals surface area contributed by atoms with Crippen molar-refractivity contribution in [2.75, 3.05) is 38.6 Å². The van der Waals surface area contributed by atoms with Gasteiger partial charge in [-0.3, -0.25) is 0 Å². The smallest absolute Gasteiger partial charge is 0.414 e. The van der Waals surface area contributed by atoms with Gasteiger partial charge in [0, 0.05) is 22.2 Å². The topological polar surface area (TPSA) is 87.1 Å². The molecule has 1 fully saturated rings. The molecule has 26 heavy (non-hydrogen) atoms. The Morgan fingerprint density at radius 2 is 1.58 bits per heavy atom. The molecule has 0 spiro atoms. The van der Waals surface area contributed by atoms with Crippen LogP contribution in [0.4, 0.5) is 0 Å². The van der Waals surface area contributed by atoms with E-state index >= 15 is 0 Å². The maximum absolute atomic E-state index is 9.10. The van der Waals surface area contributed by atoms with Crippen molar-refractivity contribution >= 4 is 35.3 Å². The Labute approximate surface area is 163 Å². The van der Waals surface area contributed by atoms with E-state index in [1.54, 1.807) is 0 Å². The van der Waals surface area contributed by atoms with Gasteiger partial charge in [0.15, 0.2) is 0 Å². The van der Waals surface area contributed by atoms with Gasteiger partial charge in [-0.2, -0.15) is 0 Å². The van der Waals surface area contributed by atoms with Crippen LogP contribution < -0.4 is 0 Å². The molecule has 6 nitrogen and oxygen atoms in total. The number of hydrogen-bond donors (Lipinski definition) is 2. The Morgan fingerprint density at radius 3 is 2.12 bits per heavy atom. The first-order valence-electron chi connectivity index (χ1n) is 8.63. The predicted octanol–water partition coefficient (Wildman–Crippen LogP) is 3.48. The molecule has 146 valence electrons. The second-order valence-corrected chi connectivity index (χ2v) is 7.39. The summed E-state index contributed by atoms with van der Waals surface area (Å²) < 4.78 is 5.73. The van der Waals surface area contributed by atoms with Crippen LogP contribution in [0.1, 0.15) is 25.7 Å². The fourth-order valence-electron chi connectivity index (χ4n) is 2.40. The van der Waals surface area contributed by atoms with Crippen molar-refractivity contribution in [3.63, 3.8) is 0 Å². The summed E-state index contributed by atoms with van der Waals surface area (Å²) in [4.78, 5) is 22.0. The fourth-order valence-corrected chi connectivity index (χ4v) is 3.30. The largest absolute Gasteiger partial charge is 0.473 e. The number of aliphatic carboxylic acids is 2. The van der Waals surface area contributed by atoms with Gasteiger partial charge in [0.2, 0.25) is 0 Å². The summed E-state index contributed by atoms with van der Waals surface area (Å²) in [5.74, 6) is -2.65. The van der Waals surface area contributed by atoms with Crippen molar-refractivity contribution in [2.45, 2.75) is 30.6 Å². The van der Waals surface area contributed by atoms with E-state index in [1.165, 1.54) is 43.7 Å². The van der Waals surface area contributed by atoms with Crippen LogP contribution in [0.2, 0.25) is 5.02 Å². The minimum absolute atomic E-state index is 0.794. The van der Waals surface area contributed by atoms with Crippen LogP contribution in [0.5, 0.6) is 0 Å². The van der Waals surface area contributed by atoms with E-state index in [0.29, 0.717) is 0 Å². The zero-order valence-electron chi connectivity index (χ0n) is 14.7. The van der Waals surface area contributed by atoms with Crippen molar-refractivity contribution in [3.8, 4) is 0 Å². The third kappa shape index (κ3) is 11.4. The quantitative estimate of drug-likeness (QED) is 0.409. The van der Waals surface area contributed by atoms with Gasteiger partial charge in [-0.25, -0.2) is 9.59 Å². The lowest BCUT2D eigenvalue weighted by atomic mass is 10.2. The van der Waals surface area contributed by atoms with E-state index in [1.807, 2.05) is 23.9 Å². The van der Waals surface area contributed by atoms with Gasteiger partial charge in [-0.1, -0.05) is 24.4 Å². The first-order chi connectivity index (χ1) is 12.5. The van der Waals surface area contributed by atoms with Crippen molar-refractivity contribution < 1.29 is 24.5 Å². The van der Waals surface area contributed by atoms with Crippen molar-refractivity contribution in [1.29, 1.82) is 0 Å². The molecule has 1 aliphatic rings. The van der Waals surface area contributed by atoms with Crippen LogP contribution in [0.25, 0.3) is 0 Å². The number of ether oxygens (including phenoxy) is 1. The van der Waals surface area contributed by atoms with Gasteiger partial charge in [-0.05, 0) is 50.2 Å². The molecule has 1 heterocycles. The van der Waals surface area contributed by atoms with Crippen LogP contribution in [0, 0.1) is 0 Å². The number of hydrogen-bond acceptors (Lipinski definition) is 5.